The molecule has 2 aromatic carbocycles. The van der Waals surface area contributed by atoms with Crippen molar-refractivity contribution in [3.05, 3.63) is 40.6 Å². The predicted octanol–water partition coefficient (Wildman–Crippen LogP) is 1.28. The van der Waals surface area contributed by atoms with Gasteiger partial charge in [-0.3, -0.25) is 4.79 Å². The van der Waals surface area contributed by atoms with E-state index in [1.54, 1.807) is 0 Å². The fourth-order valence-corrected chi connectivity index (χ4v) is 2.43. The molecule has 0 aliphatic rings. The molecule has 0 atom stereocenters. The maximum atomic E-state index is 12.5. The van der Waals surface area contributed by atoms with Gasteiger partial charge in [-0.15, -0.1) is 0 Å². The van der Waals surface area contributed by atoms with E-state index in [2.05, 4.69) is 4.74 Å². The molecular formula is C18H10O10. The molecule has 0 saturated carbocycles. The molecule has 3 aromatic rings. The van der Waals surface area contributed by atoms with Crippen LogP contribution in [0.1, 0.15) is 0 Å². The maximum absolute atomic E-state index is 12.5. The van der Waals surface area contributed by atoms with Gasteiger partial charge < -0.3 is 34.7 Å². The second-order valence-corrected chi connectivity index (χ2v) is 5.44. The van der Waals surface area contributed by atoms with Crippen LogP contribution in [-0.4, -0.2) is 37.4 Å². The molecule has 28 heavy (non-hydrogen) atoms. The fourth-order valence-electron chi connectivity index (χ4n) is 2.43. The van der Waals surface area contributed by atoms with E-state index < -0.39 is 57.0 Å². The third-order valence-corrected chi connectivity index (χ3v) is 3.68. The number of benzene rings is 2. The molecule has 0 aliphatic carbocycles. The molecular weight excluding hydrogens is 376 g/mol. The molecule has 1 aromatic heterocycles. The van der Waals surface area contributed by atoms with Crippen LogP contribution in [0.5, 0.6) is 34.5 Å². The molecule has 10 heteroatoms. The van der Waals surface area contributed by atoms with Crippen LogP contribution in [-0.2, 0) is 9.59 Å². The number of esters is 1. The summed E-state index contributed by atoms with van der Waals surface area (Å²) in [5.74, 6) is -5.13. The second-order valence-electron chi connectivity index (χ2n) is 5.44. The highest BCUT2D eigenvalue weighted by Crippen LogP contribution is 2.43. The monoisotopic (exact) mass is 386 g/mol. The van der Waals surface area contributed by atoms with Gasteiger partial charge in [0.2, 0.25) is 16.9 Å². The largest absolute Gasteiger partial charge is 0.504 e. The molecule has 0 aliphatic heterocycles. The first kappa shape index (κ1) is 18.4. The van der Waals surface area contributed by atoms with Gasteiger partial charge in [-0.05, 0) is 18.2 Å². The summed E-state index contributed by atoms with van der Waals surface area (Å²) in [6.45, 7) is 0. The summed E-state index contributed by atoms with van der Waals surface area (Å²) in [5, 5.41) is 48.7. The number of aromatic hydroxyl groups is 5. The fraction of sp³-hybridized carbons (Fsp3) is 0. The molecule has 1 heterocycles. The van der Waals surface area contributed by atoms with Gasteiger partial charge in [-0.25, -0.2) is 9.59 Å². The van der Waals surface area contributed by atoms with E-state index in [1.165, 1.54) is 6.07 Å². The van der Waals surface area contributed by atoms with E-state index in [0.717, 1.165) is 24.1 Å². The van der Waals surface area contributed by atoms with Crippen LogP contribution in [0, 0.1) is 0 Å². The Bertz CT molecular complexity index is 1230. The van der Waals surface area contributed by atoms with Gasteiger partial charge in [-0.2, -0.15) is 0 Å². The molecule has 5 N–H and O–H groups in total. The number of phenolic OH excluding ortho intramolecular Hbond substituents is 4. The minimum Gasteiger partial charge on any atom is -0.504 e. The highest BCUT2D eigenvalue weighted by Gasteiger charge is 2.24. The van der Waals surface area contributed by atoms with Crippen LogP contribution in [0.4, 0.5) is 0 Å². The maximum Gasteiger partial charge on any atom is 0.347 e. The lowest BCUT2D eigenvalue weighted by molar-refractivity contribution is -0.129. The van der Waals surface area contributed by atoms with Crippen LogP contribution in [0.3, 0.4) is 0 Å². The summed E-state index contributed by atoms with van der Waals surface area (Å²) in [5.41, 5.74) is -1.51. The molecule has 3 rings (SSSR count). The van der Waals surface area contributed by atoms with E-state index in [-0.39, 0.29) is 11.1 Å². The Balaban J connectivity index is 2.27. The number of carbonyl (C=O) groups is 1. The van der Waals surface area contributed by atoms with Gasteiger partial charge in [0, 0.05) is 11.6 Å². The van der Waals surface area contributed by atoms with Crippen LogP contribution < -0.4 is 10.2 Å². The SMILES string of the molecule is O=C=CC(=O)Oc1c(O)cc2oc(-c3ccc(O)c(O)c3)c(O)c(=O)c2c1O. The molecule has 0 bridgehead atoms. The summed E-state index contributed by atoms with van der Waals surface area (Å²) >= 11 is 0. The van der Waals surface area contributed by atoms with Gasteiger partial charge in [0.25, 0.3) is 0 Å². The van der Waals surface area contributed by atoms with Crippen molar-refractivity contribution in [3.8, 4) is 45.8 Å². The molecule has 0 amide bonds. The van der Waals surface area contributed by atoms with Crippen molar-refractivity contribution in [2.24, 2.45) is 0 Å². The van der Waals surface area contributed by atoms with Crippen molar-refractivity contribution in [3.63, 3.8) is 0 Å². The zero-order chi connectivity index (χ0) is 20.6. The van der Waals surface area contributed by atoms with Gasteiger partial charge in [-0.1, -0.05) is 0 Å². The van der Waals surface area contributed by atoms with Gasteiger partial charge in [0.15, 0.2) is 28.8 Å². The predicted molar refractivity (Wildman–Crippen MR) is 92.1 cm³/mol. The average molecular weight is 386 g/mol. The molecule has 0 spiro atoms. The van der Waals surface area contributed by atoms with Gasteiger partial charge >= 0.3 is 5.97 Å². The lowest BCUT2D eigenvalue weighted by Crippen LogP contribution is -2.07. The summed E-state index contributed by atoms with van der Waals surface area (Å²) in [6.07, 6.45) is 0.351. The molecule has 0 saturated heterocycles. The molecule has 0 radical (unpaired) electrons. The average Bonchev–Trinajstić information content (AvgIpc) is 2.64. The lowest BCUT2D eigenvalue weighted by atomic mass is 10.1. The quantitative estimate of drug-likeness (QED) is 0.145. The second kappa shape index (κ2) is 6.71. The standard InChI is InChI=1S/C18H10O10/c19-4-3-12(23)28-18-10(22)6-11-13(15(18)25)14(24)16(26)17(27-11)7-1-2-8(20)9(21)5-7/h1-3,5-6,20-22,25-26H. The minimum atomic E-state index is -1.27. The Morgan fingerprint density at radius 2 is 1.71 bits per heavy atom. The number of hydrogen-bond acceptors (Lipinski definition) is 10. The summed E-state index contributed by atoms with van der Waals surface area (Å²) in [7, 11) is 0. The lowest BCUT2D eigenvalue weighted by Gasteiger charge is -2.11. The molecule has 0 fully saturated rings. The first-order chi connectivity index (χ1) is 13.2. The van der Waals surface area contributed by atoms with Crippen molar-refractivity contribution in [2.75, 3.05) is 0 Å². The number of phenols is 4. The Kier molecular flexibility index (Phi) is 4.40. The van der Waals surface area contributed by atoms with Crippen LogP contribution >= 0.6 is 0 Å². The Hall–Kier alpha value is -4.43. The van der Waals surface area contributed by atoms with Crippen molar-refractivity contribution in [2.45, 2.75) is 0 Å². The van der Waals surface area contributed by atoms with E-state index in [0.29, 0.717) is 6.08 Å². The Morgan fingerprint density at radius 1 is 1.00 bits per heavy atom. The summed E-state index contributed by atoms with van der Waals surface area (Å²) in [4.78, 5) is 34.0. The molecule has 0 unspecified atom stereocenters. The van der Waals surface area contributed by atoms with Crippen LogP contribution in [0.25, 0.3) is 22.3 Å². The normalized spacial score (nSPS) is 10.4. The zero-order valence-electron chi connectivity index (χ0n) is 13.7. The van der Waals surface area contributed by atoms with Crippen molar-refractivity contribution in [1.82, 2.24) is 0 Å². The van der Waals surface area contributed by atoms with Crippen molar-refractivity contribution < 1.29 is 44.3 Å². The third-order valence-electron chi connectivity index (χ3n) is 3.68. The minimum absolute atomic E-state index is 0.0115. The van der Waals surface area contributed by atoms with E-state index in [4.69, 9.17) is 4.42 Å². The van der Waals surface area contributed by atoms with Crippen LogP contribution in [0.2, 0.25) is 0 Å². The number of hydrogen-bond donors (Lipinski definition) is 5. The highest BCUT2D eigenvalue weighted by molar-refractivity contribution is 5.95. The first-order valence-electron chi connectivity index (χ1n) is 7.44. The molecule has 10 nitrogen and oxygen atoms in total. The van der Waals surface area contributed by atoms with E-state index >= 15 is 0 Å². The Labute approximate surface area is 154 Å². The molecule has 142 valence electrons. The summed E-state index contributed by atoms with van der Waals surface area (Å²) < 4.78 is 9.93. The topological polar surface area (TPSA) is 175 Å². The van der Waals surface area contributed by atoms with Crippen LogP contribution in [0.15, 0.2) is 39.6 Å². The van der Waals surface area contributed by atoms with Crippen molar-refractivity contribution >= 4 is 22.9 Å². The number of ether oxygens (including phenoxy) is 1. The summed E-state index contributed by atoms with van der Waals surface area (Å²) in [6, 6.07) is 4.18. The highest BCUT2D eigenvalue weighted by atomic mass is 16.5. The zero-order valence-corrected chi connectivity index (χ0v) is 13.7. The number of rotatable bonds is 3. The number of fused-ring (bicyclic) bond motifs is 1. The van der Waals surface area contributed by atoms with E-state index in [9.17, 15) is 39.9 Å². The smallest absolute Gasteiger partial charge is 0.347 e. The Morgan fingerprint density at radius 3 is 2.36 bits per heavy atom. The van der Waals surface area contributed by atoms with E-state index in [1.807, 2.05) is 0 Å². The van der Waals surface area contributed by atoms with Gasteiger partial charge in [0.1, 0.15) is 23.0 Å². The van der Waals surface area contributed by atoms with Gasteiger partial charge in [0.05, 0.1) is 0 Å². The first-order valence-corrected chi connectivity index (χ1v) is 7.44. The third kappa shape index (κ3) is 2.96. The van der Waals surface area contributed by atoms with Crippen molar-refractivity contribution in [1.29, 1.82) is 0 Å². The number of carbonyl (C=O) groups excluding carboxylic acids is 2.